The van der Waals surface area contributed by atoms with Gasteiger partial charge in [0.05, 0.1) is 24.8 Å². The van der Waals surface area contributed by atoms with Gasteiger partial charge in [-0.3, -0.25) is 9.89 Å². The third-order valence-corrected chi connectivity index (χ3v) is 2.11. The Labute approximate surface area is 107 Å². The standard InChI is InChI=1S/C9H12F2N4O2S/c10-6(11)4-17-2-1-7(16)14-9-5(8(12)18)3-13-15-9/h3,6H,1-2,4H2,(H2,12,18)(H2,13,14,15,16). The first-order valence-corrected chi connectivity index (χ1v) is 5.40. The highest BCUT2D eigenvalue weighted by Gasteiger charge is 2.11. The van der Waals surface area contributed by atoms with E-state index in [4.69, 9.17) is 18.0 Å². The second kappa shape index (κ2) is 6.97. The lowest BCUT2D eigenvalue weighted by Crippen LogP contribution is -2.18. The van der Waals surface area contributed by atoms with E-state index in [1.165, 1.54) is 6.20 Å². The molecule has 1 rings (SSSR count). The molecule has 0 unspecified atom stereocenters. The molecule has 1 heterocycles. The van der Waals surface area contributed by atoms with Crippen molar-refractivity contribution in [2.45, 2.75) is 12.8 Å². The number of nitrogens with two attached hydrogens (primary N) is 1. The number of rotatable bonds is 7. The van der Waals surface area contributed by atoms with Crippen LogP contribution in [0.4, 0.5) is 14.6 Å². The number of carbonyl (C=O) groups is 1. The lowest BCUT2D eigenvalue weighted by atomic mass is 10.3. The number of nitrogens with one attached hydrogen (secondary N) is 2. The summed E-state index contributed by atoms with van der Waals surface area (Å²) in [5, 5.41) is 8.66. The van der Waals surface area contributed by atoms with Gasteiger partial charge in [0.25, 0.3) is 6.43 Å². The van der Waals surface area contributed by atoms with E-state index in [9.17, 15) is 13.6 Å². The van der Waals surface area contributed by atoms with E-state index in [1.807, 2.05) is 0 Å². The average Bonchev–Trinajstić information content (AvgIpc) is 2.72. The molecule has 9 heteroatoms. The van der Waals surface area contributed by atoms with E-state index >= 15 is 0 Å². The summed E-state index contributed by atoms with van der Waals surface area (Å²) in [7, 11) is 0. The number of hydrogen-bond acceptors (Lipinski definition) is 4. The van der Waals surface area contributed by atoms with Crippen molar-refractivity contribution >= 4 is 28.9 Å². The molecule has 1 aromatic heterocycles. The van der Waals surface area contributed by atoms with Crippen LogP contribution in [0.5, 0.6) is 0 Å². The highest BCUT2D eigenvalue weighted by atomic mass is 32.1. The zero-order chi connectivity index (χ0) is 13.5. The topological polar surface area (TPSA) is 93.0 Å². The summed E-state index contributed by atoms with van der Waals surface area (Å²) in [5.41, 5.74) is 5.81. The van der Waals surface area contributed by atoms with E-state index in [2.05, 4.69) is 20.3 Å². The Balaban J connectivity index is 2.36. The van der Waals surface area contributed by atoms with Crippen molar-refractivity contribution in [1.29, 1.82) is 0 Å². The number of halogens is 2. The number of aromatic nitrogens is 2. The summed E-state index contributed by atoms with van der Waals surface area (Å²) >= 11 is 4.75. The van der Waals surface area contributed by atoms with Crippen LogP contribution in [0.1, 0.15) is 12.0 Å². The SMILES string of the molecule is NC(=S)c1cn[nH]c1NC(=O)CCOCC(F)F. The monoisotopic (exact) mass is 278 g/mol. The molecule has 0 atom stereocenters. The molecule has 0 aliphatic rings. The van der Waals surface area contributed by atoms with Gasteiger partial charge >= 0.3 is 0 Å². The second-order valence-electron chi connectivity index (χ2n) is 3.29. The van der Waals surface area contributed by atoms with Crippen molar-refractivity contribution in [2.75, 3.05) is 18.5 Å². The summed E-state index contributed by atoms with van der Waals surface area (Å²) in [4.78, 5) is 11.5. The summed E-state index contributed by atoms with van der Waals surface area (Å²) in [5.74, 6) is -0.132. The molecule has 0 aromatic carbocycles. The van der Waals surface area contributed by atoms with Crippen LogP contribution in [-0.2, 0) is 9.53 Å². The summed E-state index contributed by atoms with van der Waals surface area (Å²) in [6, 6.07) is 0. The number of alkyl halides is 2. The molecule has 0 aliphatic carbocycles. The summed E-state index contributed by atoms with van der Waals surface area (Å²) in [6.07, 6.45) is -1.21. The van der Waals surface area contributed by atoms with Gasteiger partial charge in [-0.2, -0.15) is 5.10 Å². The van der Waals surface area contributed by atoms with Crippen molar-refractivity contribution in [3.63, 3.8) is 0 Å². The van der Waals surface area contributed by atoms with Crippen LogP contribution in [0, 0.1) is 0 Å². The molecule has 1 amide bonds. The smallest absolute Gasteiger partial charge is 0.261 e. The molecule has 0 aliphatic heterocycles. The average molecular weight is 278 g/mol. The number of aromatic amines is 1. The van der Waals surface area contributed by atoms with E-state index in [0.29, 0.717) is 5.56 Å². The first kappa shape index (κ1) is 14.5. The van der Waals surface area contributed by atoms with Crippen molar-refractivity contribution in [2.24, 2.45) is 5.73 Å². The normalized spacial score (nSPS) is 10.6. The molecule has 1 aromatic rings. The number of anilines is 1. The highest BCUT2D eigenvalue weighted by Crippen LogP contribution is 2.10. The maximum atomic E-state index is 11.7. The predicted octanol–water partition coefficient (Wildman–Crippen LogP) is 0.654. The fraction of sp³-hybridized carbons (Fsp3) is 0.444. The zero-order valence-corrected chi connectivity index (χ0v) is 10.1. The Kier molecular flexibility index (Phi) is 5.59. The zero-order valence-electron chi connectivity index (χ0n) is 9.28. The van der Waals surface area contributed by atoms with E-state index in [0.717, 1.165) is 0 Å². The lowest BCUT2D eigenvalue weighted by molar-refractivity contribution is -0.117. The molecule has 4 N–H and O–H groups in total. The minimum atomic E-state index is -2.54. The first-order chi connectivity index (χ1) is 8.50. The predicted molar refractivity (Wildman–Crippen MR) is 64.5 cm³/mol. The maximum absolute atomic E-state index is 11.7. The van der Waals surface area contributed by atoms with Gasteiger partial charge in [-0.25, -0.2) is 8.78 Å². The van der Waals surface area contributed by atoms with Crippen LogP contribution in [0.2, 0.25) is 0 Å². The molecule has 6 nitrogen and oxygen atoms in total. The van der Waals surface area contributed by atoms with Crippen LogP contribution < -0.4 is 11.1 Å². The number of H-pyrrole nitrogens is 1. The molecule has 18 heavy (non-hydrogen) atoms. The van der Waals surface area contributed by atoms with Crippen molar-refractivity contribution < 1.29 is 18.3 Å². The van der Waals surface area contributed by atoms with E-state index in [1.54, 1.807) is 0 Å². The highest BCUT2D eigenvalue weighted by molar-refractivity contribution is 7.80. The van der Waals surface area contributed by atoms with Gasteiger partial charge < -0.3 is 15.8 Å². The first-order valence-electron chi connectivity index (χ1n) is 4.99. The number of nitrogens with zero attached hydrogens (tertiary/aromatic N) is 1. The number of hydrogen-bond donors (Lipinski definition) is 3. The number of thiocarbonyl (C=S) groups is 1. The largest absolute Gasteiger partial charge is 0.389 e. The Morgan fingerprint density at radius 3 is 3.00 bits per heavy atom. The number of amides is 1. The third kappa shape index (κ3) is 4.72. The van der Waals surface area contributed by atoms with Crippen molar-refractivity contribution in [3.05, 3.63) is 11.8 Å². The fourth-order valence-corrected chi connectivity index (χ4v) is 1.26. The minimum absolute atomic E-state index is 0.0531. The maximum Gasteiger partial charge on any atom is 0.261 e. The van der Waals surface area contributed by atoms with Crippen LogP contribution in [0.25, 0.3) is 0 Å². The molecule has 0 radical (unpaired) electrons. The lowest BCUT2D eigenvalue weighted by Gasteiger charge is -2.05. The van der Waals surface area contributed by atoms with Gasteiger partial charge in [-0.05, 0) is 0 Å². The molecule has 0 saturated carbocycles. The van der Waals surface area contributed by atoms with Gasteiger partial charge in [0.1, 0.15) is 17.4 Å². The molecule has 0 fully saturated rings. The minimum Gasteiger partial charge on any atom is -0.389 e. The van der Waals surface area contributed by atoms with Gasteiger partial charge in [-0.15, -0.1) is 0 Å². The molecular formula is C9H12F2N4O2S. The van der Waals surface area contributed by atoms with Gasteiger partial charge in [0.15, 0.2) is 0 Å². The van der Waals surface area contributed by atoms with Gasteiger partial charge in [0.2, 0.25) is 5.91 Å². The van der Waals surface area contributed by atoms with Gasteiger partial charge in [0, 0.05) is 0 Å². The Bertz CT molecular complexity index is 424. The van der Waals surface area contributed by atoms with Gasteiger partial charge in [-0.1, -0.05) is 12.2 Å². The molecule has 0 spiro atoms. The molecule has 100 valence electrons. The van der Waals surface area contributed by atoms with E-state index in [-0.39, 0.29) is 23.8 Å². The van der Waals surface area contributed by atoms with Crippen LogP contribution in [0.15, 0.2) is 6.20 Å². The van der Waals surface area contributed by atoms with Crippen LogP contribution >= 0.6 is 12.2 Å². The second-order valence-corrected chi connectivity index (χ2v) is 3.73. The molecule has 0 bridgehead atoms. The number of ether oxygens (including phenoxy) is 1. The van der Waals surface area contributed by atoms with E-state index < -0.39 is 18.9 Å². The van der Waals surface area contributed by atoms with Crippen LogP contribution in [-0.4, -0.2) is 40.7 Å². The van der Waals surface area contributed by atoms with Crippen molar-refractivity contribution in [1.82, 2.24) is 10.2 Å². The fourth-order valence-electron chi connectivity index (χ4n) is 1.11. The summed E-state index contributed by atoms with van der Waals surface area (Å²) < 4.78 is 28.1. The summed E-state index contributed by atoms with van der Waals surface area (Å²) in [6.45, 7) is -0.776. The van der Waals surface area contributed by atoms with Crippen LogP contribution in [0.3, 0.4) is 0 Å². The number of carbonyl (C=O) groups excluding carboxylic acids is 1. The van der Waals surface area contributed by atoms with Crippen molar-refractivity contribution in [3.8, 4) is 0 Å². The third-order valence-electron chi connectivity index (χ3n) is 1.89. The quantitative estimate of drug-likeness (QED) is 0.503. The Morgan fingerprint density at radius 2 is 2.39 bits per heavy atom. The molecular weight excluding hydrogens is 266 g/mol. The Morgan fingerprint density at radius 1 is 1.67 bits per heavy atom. The molecule has 0 saturated heterocycles. The Hall–Kier alpha value is -1.61.